The zero-order valence-corrected chi connectivity index (χ0v) is 12.0. The molecule has 1 aromatic carbocycles. The van der Waals surface area contributed by atoms with Crippen molar-refractivity contribution in [3.05, 3.63) is 28.8 Å². The molecule has 0 saturated carbocycles. The summed E-state index contributed by atoms with van der Waals surface area (Å²) in [6.45, 7) is 0.651. The van der Waals surface area contributed by atoms with Gasteiger partial charge in [0.05, 0.1) is 10.7 Å². The zero-order chi connectivity index (χ0) is 14.7. The number of carbonyl (C=O) groups is 2. The first-order chi connectivity index (χ1) is 9.56. The minimum Gasteiger partial charge on any atom is -0.478 e. The number of piperidine rings is 1. The normalized spacial score (nSPS) is 18.7. The summed E-state index contributed by atoms with van der Waals surface area (Å²) >= 11 is 6.00. The van der Waals surface area contributed by atoms with E-state index in [0.29, 0.717) is 18.7 Å². The second kappa shape index (κ2) is 6.13. The smallest absolute Gasteiger partial charge is 0.339 e. The van der Waals surface area contributed by atoms with Gasteiger partial charge in [0, 0.05) is 13.6 Å². The van der Waals surface area contributed by atoms with Crippen LogP contribution in [-0.2, 0) is 4.79 Å². The summed E-state index contributed by atoms with van der Waals surface area (Å²) < 4.78 is 0. The highest BCUT2D eigenvalue weighted by Crippen LogP contribution is 2.32. The SMILES string of the molecule is CNC(=O)C1CCCCN1c1cccc(Cl)c1C(=O)O. The van der Waals surface area contributed by atoms with Crippen LogP contribution in [0.25, 0.3) is 0 Å². The molecular formula is C14H17ClN2O3. The van der Waals surface area contributed by atoms with Crippen molar-refractivity contribution in [1.82, 2.24) is 5.32 Å². The maximum atomic E-state index is 12.0. The van der Waals surface area contributed by atoms with Crippen LogP contribution in [0.4, 0.5) is 5.69 Å². The van der Waals surface area contributed by atoms with Crippen molar-refractivity contribution >= 4 is 29.2 Å². The lowest BCUT2D eigenvalue weighted by atomic mass is 9.99. The summed E-state index contributed by atoms with van der Waals surface area (Å²) in [5.74, 6) is -1.17. The summed E-state index contributed by atoms with van der Waals surface area (Å²) in [6, 6.07) is 4.62. The first-order valence-corrected chi connectivity index (χ1v) is 6.94. The van der Waals surface area contributed by atoms with Crippen molar-refractivity contribution in [3.8, 4) is 0 Å². The van der Waals surface area contributed by atoms with Crippen LogP contribution in [0.1, 0.15) is 29.6 Å². The van der Waals surface area contributed by atoms with E-state index < -0.39 is 5.97 Å². The first-order valence-electron chi connectivity index (χ1n) is 6.56. The third-order valence-corrected chi connectivity index (χ3v) is 3.88. The lowest BCUT2D eigenvalue weighted by molar-refractivity contribution is -0.122. The number of hydrogen-bond acceptors (Lipinski definition) is 3. The summed E-state index contributed by atoms with van der Waals surface area (Å²) in [4.78, 5) is 25.2. The fraction of sp³-hybridized carbons (Fsp3) is 0.429. The fourth-order valence-corrected chi connectivity index (χ4v) is 2.87. The van der Waals surface area contributed by atoms with E-state index in [2.05, 4.69) is 5.32 Å². The maximum Gasteiger partial charge on any atom is 0.339 e. The van der Waals surface area contributed by atoms with Crippen molar-refractivity contribution in [2.75, 3.05) is 18.5 Å². The largest absolute Gasteiger partial charge is 0.478 e. The van der Waals surface area contributed by atoms with Gasteiger partial charge in [-0.2, -0.15) is 0 Å². The first kappa shape index (κ1) is 14.7. The van der Waals surface area contributed by atoms with Gasteiger partial charge in [-0.3, -0.25) is 4.79 Å². The third-order valence-electron chi connectivity index (χ3n) is 3.57. The Labute approximate surface area is 122 Å². The third kappa shape index (κ3) is 2.72. The predicted molar refractivity (Wildman–Crippen MR) is 77.5 cm³/mol. The van der Waals surface area contributed by atoms with Crippen molar-refractivity contribution in [2.45, 2.75) is 25.3 Å². The molecule has 0 radical (unpaired) electrons. The second-order valence-electron chi connectivity index (χ2n) is 4.76. The highest BCUT2D eigenvalue weighted by Gasteiger charge is 2.31. The Morgan fingerprint density at radius 3 is 2.80 bits per heavy atom. The highest BCUT2D eigenvalue weighted by atomic mass is 35.5. The van der Waals surface area contributed by atoms with Crippen LogP contribution in [0.5, 0.6) is 0 Å². The molecule has 0 aromatic heterocycles. The van der Waals surface area contributed by atoms with Crippen LogP contribution in [0, 0.1) is 0 Å². The van der Waals surface area contributed by atoms with Crippen LogP contribution in [0.3, 0.4) is 0 Å². The van der Waals surface area contributed by atoms with Crippen LogP contribution in [0.15, 0.2) is 18.2 Å². The zero-order valence-electron chi connectivity index (χ0n) is 11.2. The van der Waals surface area contributed by atoms with E-state index in [4.69, 9.17) is 11.6 Å². The molecule has 6 heteroatoms. The van der Waals surface area contributed by atoms with Gasteiger partial charge in [-0.05, 0) is 31.4 Å². The Bertz CT molecular complexity index is 533. The number of rotatable bonds is 3. The van der Waals surface area contributed by atoms with Gasteiger partial charge in [-0.1, -0.05) is 17.7 Å². The molecule has 20 heavy (non-hydrogen) atoms. The molecule has 0 aliphatic carbocycles. The topological polar surface area (TPSA) is 69.6 Å². The van der Waals surface area contributed by atoms with E-state index in [9.17, 15) is 14.7 Å². The molecule has 2 N–H and O–H groups in total. The number of likely N-dealkylation sites (N-methyl/N-ethyl adjacent to an activating group) is 1. The van der Waals surface area contributed by atoms with Gasteiger partial charge < -0.3 is 15.3 Å². The average Bonchev–Trinajstić information content (AvgIpc) is 2.45. The Hall–Kier alpha value is -1.75. The number of nitrogens with one attached hydrogen (secondary N) is 1. The number of nitrogens with zero attached hydrogens (tertiary/aromatic N) is 1. The molecule has 1 saturated heterocycles. The molecule has 1 fully saturated rings. The number of benzene rings is 1. The van der Waals surface area contributed by atoms with Gasteiger partial charge in [-0.25, -0.2) is 4.79 Å². The Morgan fingerprint density at radius 1 is 1.40 bits per heavy atom. The van der Waals surface area contributed by atoms with Crippen molar-refractivity contribution in [3.63, 3.8) is 0 Å². The van der Waals surface area contributed by atoms with Gasteiger partial charge in [0.15, 0.2) is 0 Å². The summed E-state index contributed by atoms with van der Waals surface area (Å²) in [5.41, 5.74) is 0.572. The van der Waals surface area contributed by atoms with Crippen molar-refractivity contribution in [2.24, 2.45) is 0 Å². The number of anilines is 1. The number of halogens is 1. The van der Waals surface area contributed by atoms with Crippen LogP contribution >= 0.6 is 11.6 Å². The minimum atomic E-state index is -1.08. The quantitative estimate of drug-likeness (QED) is 0.896. The van der Waals surface area contributed by atoms with Gasteiger partial charge in [0.1, 0.15) is 11.6 Å². The Balaban J connectivity index is 2.45. The number of carboxylic acids is 1. The molecule has 1 heterocycles. The Kier molecular flexibility index (Phi) is 4.49. The number of hydrogen-bond donors (Lipinski definition) is 2. The number of amides is 1. The molecule has 1 amide bonds. The van der Waals surface area contributed by atoms with E-state index in [-0.39, 0.29) is 22.5 Å². The average molecular weight is 297 g/mol. The molecule has 1 aromatic rings. The van der Waals surface area contributed by atoms with E-state index in [1.165, 1.54) is 0 Å². The molecule has 1 aliphatic rings. The van der Waals surface area contributed by atoms with Gasteiger partial charge in [0.2, 0.25) is 5.91 Å². The van der Waals surface area contributed by atoms with E-state index in [1.807, 2.05) is 4.90 Å². The molecule has 1 aliphatic heterocycles. The highest BCUT2D eigenvalue weighted by molar-refractivity contribution is 6.34. The number of carboxylic acid groups (broad SMARTS) is 1. The van der Waals surface area contributed by atoms with E-state index in [1.54, 1.807) is 25.2 Å². The van der Waals surface area contributed by atoms with Gasteiger partial charge in [-0.15, -0.1) is 0 Å². The van der Waals surface area contributed by atoms with Crippen molar-refractivity contribution in [1.29, 1.82) is 0 Å². The second-order valence-corrected chi connectivity index (χ2v) is 5.17. The van der Waals surface area contributed by atoms with Gasteiger partial charge in [0.25, 0.3) is 0 Å². The molecule has 0 bridgehead atoms. The molecule has 108 valence electrons. The van der Waals surface area contributed by atoms with Gasteiger partial charge >= 0.3 is 5.97 Å². The van der Waals surface area contributed by atoms with E-state index in [0.717, 1.165) is 12.8 Å². The monoisotopic (exact) mass is 296 g/mol. The summed E-state index contributed by atoms with van der Waals surface area (Å²) in [7, 11) is 1.59. The molecule has 1 atom stereocenters. The van der Waals surface area contributed by atoms with Crippen LogP contribution in [0.2, 0.25) is 5.02 Å². The number of carbonyl (C=O) groups excluding carboxylic acids is 1. The summed E-state index contributed by atoms with van der Waals surface area (Å²) in [5, 5.41) is 12.2. The van der Waals surface area contributed by atoms with E-state index >= 15 is 0 Å². The lowest BCUT2D eigenvalue weighted by Crippen LogP contribution is -2.49. The molecule has 2 rings (SSSR count). The minimum absolute atomic E-state index is 0.0602. The lowest BCUT2D eigenvalue weighted by Gasteiger charge is -2.37. The van der Waals surface area contributed by atoms with Crippen molar-refractivity contribution < 1.29 is 14.7 Å². The molecule has 5 nitrogen and oxygen atoms in total. The predicted octanol–water partition coefficient (Wildman–Crippen LogP) is 2.14. The Morgan fingerprint density at radius 2 is 2.15 bits per heavy atom. The standard InChI is InChI=1S/C14H17ClN2O3/c1-16-13(18)11-6-2-3-8-17(11)10-7-4-5-9(15)12(10)14(19)20/h4-5,7,11H,2-3,6,8H2,1H3,(H,16,18)(H,19,20). The molecular weight excluding hydrogens is 280 g/mol. The summed E-state index contributed by atoms with van der Waals surface area (Å²) in [6.07, 6.45) is 2.60. The fourth-order valence-electron chi connectivity index (χ4n) is 2.62. The molecule has 1 unspecified atom stereocenters. The van der Waals surface area contributed by atoms with Crippen LogP contribution < -0.4 is 10.2 Å². The van der Waals surface area contributed by atoms with Crippen LogP contribution in [-0.4, -0.2) is 36.6 Å². The number of aromatic carboxylic acids is 1. The molecule has 0 spiro atoms. The maximum absolute atomic E-state index is 12.0.